The highest BCUT2D eigenvalue weighted by atomic mass is 79.9. The van der Waals surface area contributed by atoms with E-state index >= 15 is 0 Å². The minimum Gasteiger partial charge on any atom is -0.358 e. The zero-order valence-electron chi connectivity index (χ0n) is 11.2. The second-order valence-electron chi connectivity index (χ2n) is 5.62. The van der Waals surface area contributed by atoms with Gasteiger partial charge in [-0.15, -0.1) is 0 Å². The molecule has 4 rings (SSSR count). The maximum Gasteiger partial charge on any atom is 0.0459 e. The number of aromatic amines is 1. The predicted molar refractivity (Wildman–Crippen MR) is 87.2 cm³/mol. The lowest BCUT2D eigenvalue weighted by Gasteiger charge is -2.22. The molecule has 0 spiro atoms. The van der Waals surface area contributed by atoms with Crippen LogP contribution in [0.4, 0.5) is 0 Å². The SMILES string of the molecule is Brc1ccc2[nH]c3c(c2c1)CC(c1ccccc1)CC3. The Morgan fingerprint density at radius 2 is 1.90 bits per heavy atom. The van der Waals surface area contributed by atoms with Gasteiger partial charge < -0.3 is 4.98 Å². The first-order chi connectivity index (χ1) is 9.81. The van der Waals surface area contributed by atoms with Crippen LogP contribution in [-0.4, -0.2) is 4.98 Å². The molecule has 2 heteroatoms. The quantitative estimate of drug-likeness (QED) is 0.632. The van der Waals surface area contributed by atoms with Crippen molar-refractivity contribution in [2.24, 2.45) is 0 Å². The summed E-state index contributed by atoms with van der Waals surface area (Å²) in [6.45, 7) is 0. The fraction of sp³-hybridized carbons (Fsp3) is 0.222. The molecule has 1 heterocycles. The van der Waals surface area contributed by atoms with E-state index in [-0.39, 0.29) is 0 Å². The van der Waals surface area contributed by atoms with Crippen molar-refractivity contribution < 1.29 is 0 Å². The Morgan fingerprint density at radius 3 is 2.75 bits per heavy atom. The van der Waals surface area contributed by atoms with E-state index in [9.17, 15) is 0 Å². The molecule has 0 bridgehead atoms. The van der Waals surface area contributed by atoms with Gasteiger partial charge in [0.25, 0.3) is 0 Å². The predicted octanol–water partition coefficient (Wildman–Crippen LogP) is 5.20. The van der Waals surface area contributed by atoms with E-state index in [4.69, 9.17) is 0 Å². The van der Waals surface area contributed by atoms with E-state index in [2.05, 4.69) is 69.4 Å². The summed E-state index contributed by atoms with van der Waals surface area (Å²) in [5.74, 6) is 0.654. The number of H-pyrrole nitrogens is 1. The van der Waals surface area contributed by atoms with Crippen LogP contribution in [0, 0.1) is 0 Å². The second-order valence-corrected chi connectivity index (χ2v) is 6.54. The van der Waals surface area contributed by atoms with Crippen LogP contribution < -0.4 is 0 Å². The molecule has 1 unspecified atom stereocenters. The van der Waals surface area contributed by atoms with Gasteiger partial charge in [-0.2, -0.15) is 0 Å². The molecular weight excluding hydrogens is 310 g/mol. The summed E-state index contributed by atoms with van der Waals surface area (Å²) in [4.78, 5) is 3.59. The summed E-state index contributed by atoms with van der Waals surface area (Å²) in [6.07, 6.45) is 3.54. The highest BCUT2D eigenvalue weighted by Gasteiger charge is 2.23. The summed E-state index contributed by atoms with van der Waals surface area (Å²) in [7, 11) is 0. The van der Waals surface area contributed by atoms with Gasteiger partial charge in [0, 0.05) is 21.1 Å². The molecule has 0 saturated heterocycles. The molecule has 1 atom stereocenters. The van der Waals surface area contributed by atoms with E-state index in [0.29, 0.717) is 5.92 Å². The first-order valence-electron chi connectivity index (χ1n) is 7.15. The van der Waals surface area contributed by atoms with E-state index < -0.39 is 0 Å². The first-order valence-corrected chi connectivity index (χ1v) is 7.94. The average Bonchev–Trinajstić information content (AvgIpc) is 2.85. The minimum atomic E-state index is 0.654. The number of hydrogen-bond acceptors (Lipinski definition) is 0. The van der Waals surface area contributed by atoms with Crippen molar-refractivity contribution in [1.29, 1.82) is 0 Å². The number of benzene rings is 2. The van der Waals surface area contributed by atoms with Crippen LogP contribution in [0.3, 0.4) is 0 Å². The van der Waals surface area contributed by atoms with Gasteiger partial charge in [0.2, 0.25) is 0 Å². The van der Waals surface area contributed by atoms with Crippen LogP contribution in [0.2, 0.25) is 0 Å². The molecule has 1 N–H and O–H groups in total. The van der Waals surface area contributed by atoms with Crippen molar-refractivity contribution in [3.05, 3.63) is 69.8 Å². The number of aromatic nitrogens is 1. The lowest BCUT2D eigenvalue weighted by molar-refractivity contribution is 0.582. The zero-order valence-corrected chi connectivity index (χ0v) is 12.8. The fourth-order valence-electron chi connectivity index (χ4n) is 3.40. The number of halogens is 1. The molecule has 0 aliphatic heterocycles. The van der Waals surface area contributed by atoms with Crippen LogP contribution >= 0.6 is 15.9 Å². The highest BCUT2D eigenvalue weighted by molar-refractivity contribution is 9.10. The molecule has 0 fully saturated rings. The van der Waals surface area contributed by atoms with Gasteiger partial charge in [-0.25, -0.2) is 0 Å². The Morgan fingerprint density at radius 1 is 1.05 bits per heavy atom. The molecule has 0 radical (unpaired) electrons. The van der Waals surface area contributed by atoms with Crippen LogP contribution in [0.25, 0.3) is 10.9 Å². The summed E-state index contributed by atoms with van der Waals surface area (Å²) < 4.78 is 1.16. The normalized spacial score (nSPS) is 18.1. The number of fused-ring (bicyclic) bond motifs is 3. The number of rotatable bonds is 1. The smallest absolute Gasteiger partial charge is 0.0459 e. The molecule has 1 aliphatic carbocycles. The molecule has 3 aromatic rings. The van der Waals surface area contributed by atoms with Gasteiger partial charge in [0.15, 0.2) is 0 Å². The summed E-state index contributed by atoms with van der Waals surface area (Å²) in [5, 5.41) is 1.38. The van der Waals surface area contributed by atoms with E-state index in [1.807, 2.05) is 0 Å². The molecule has 100 valence electrons. The topological polar surface area (TPSA) is 15.8 Å². The number of nitrogens with one attached hydrogen (secondary N) is 1. The lowest BCUT2D eigenvalue weighted by Crippen LogP contribution is -2.11. The highest BCUT2D eigenvalue weighted by Crippen LogP contribution is 2.37. The van der Waals surface area contributed by atoms with Gasteiger partial charge in [0.1, 0.15) is 0 Å². The maximum atomic E-state index is 3.59. The minimum absolute atomic E-state index is 0.654. The maximum absolute atomic E-state index is 3.59. The van der Waals surface area contributed by atoms with Crippen LogP contribution in [-0.2, 0) is 12.8 Å². The van der Waals surface area contributed by atoms with Gasteiger partial charge in [-0.1, -0.05) is 46.3 Å². The van der Waals surface area contributed by atoms with E-state index in [1.54, 1.807) is 0 Å². The fourth-order valence-corrected chi connectivity index (χ4v) is 3.76. The van der Waals surface area contributed by atoms with Crippen LogP contribution in [0.15, 0.2) is 53.0 Å². The zero-order chi connectivity index (χ0) is 13.5. The second kappa shape index (κ2) is 4.78. The number of hydrogen-bond donors (Lipinski definition) is 1. The Balaban J connectivity index is 1.78. The van der Waals surface area contributed by atoms with Crippen LogP contribution in [0.1, 0.15) is 29.2 Å². The summed E-state index contributed by atoms with van der Waals surface area (Å²) >= 11 is 3.59. The summed E-state index contributed by atoms with van der Waals surface area (Å²) in [5.41, 5.74) is 5.70. The average molecular weight is 326 g/mol. The monoisotopic (exact) mass is 325 g/mol. The van der Waals surface area contributed by atoms with Gasteiger partial charge in [-0.05, 0) is 54.5 Å². The molecule has 1 aromatic heterocycles. The van der Waals surface area contributed by atoms with Crippen LogP contribution in [0.5, 0.6) is 0 Å². The van der Waals surface area contributed by atoms with Gasteiger partial charge in [0.05, 0.1) is 0 Å². The molecule has 0 amide bonds. The van der Waals surface area contributed by atoms with Crippen molar-refractivity contribution >= 4 is 26.8 Å². The standard InChI is InChI=1S/C18H16BrN/c19-14-7-9-18-16(11-14)15-10-13(6-8-17(15)20-18)12-4-2-1-3-5-12/h1-5,7,9,11,13,20H,6,8,10H2. The molecule has 20 heavy (non-hydrogen) atoms. The number of aryl methyl sites for hydroxylation is 1. The molecular formula is C18H16BrN. The van der Waals surface area contributed by atoms with Crippen molar-refractivity contribution in [3.8, 4) is 0 Å². The third-order valence-corrected chi connectivity index (χ3v) is 4.91. The van der Waals surface area contributed by atoms with Crippen molar-refractivity contribution in [2.45, 2.75) is 25.2 Å². The molecule has 1 aliphatic rings. The van der Waals surface area contributed by atoms with Crippen molar-refractivity contribution in [2.75, 3.05) is 0 Å². The Kier molecular flexibility index (Phi) is 2.92. The molecule has 2 aromatic carbocycles. The van der Waals surface area contributed by atoms with E-state index in [0.717, 1.165) is 17.3 Å². The molecule has 1 nitrogen and oxygen atoms in total. The lowest BCUT2D eigenvalue weighted by atomic mass is 9.82. The van der Waals surface area contributed by atoms with Gasteiger partial charge in [-0.3, -0.25) is 0 Å². The molecule has 0 saturated carbocycles. The first kappa shape index (κ1) is 12.2. The largest absolute Gasteiger partial charge is 0.358 e. The van der Waals surface area contributed by atoms with E-state index in [1.165, 1.54) is 34.1 Å². The van der Waals surface area contributed by atoms with Crippen molar-refractivity contribution in [1.82, 2.24) is 4.98 Å². The summed E-state index contributed by atoms with van der Waals surface area (Å²) in [6, 6.07) is 17.5. The Hall–Kier alpha value is -1.54. The van der Waals surface area contributed by atoms with Gasteiger partial charge >= 0.3 is 0 Å². The van der Waals surface area contributed by atoms with Crippen molar-refractivity contribution in [3.63, 3.8) is 0 Å². The third-order valence-electron chi connectivity index (χ3n) is 4.42. The Labute approximate surface area is 127 Å². The third kappa shape index (κ3) is 1.99. The Bertz CT molecular complexity index is 758.